The van der Waals surface area contributed by atoms with E-state index in [1.54, 1.807) is 0 Å². The van der Waals surface area contributed by atoms with Crippen LogP contribution >= 0.6 is 0 Å². The Morgan fingerprint density at radius 1 is 0.903 bits per heavy atom. The molecule has 0 aromatic heterocycles. The number of benzene rings is 2. The monoisotopic (exact) mass is 526 g/mol. The van der Waals surface area contributed by atoms with E-state index in [1.807, 2.05) is 0 Å². The number of hydrogen-bond acceptors (Lipinski definition) is 1. The Morgan fingerprint density at radius 3 is 2.23 bits per heavy atom. The molecule has 0 unspecified atom stereocenters. The molecule has 2 aromatic rings. The van der Waals surface area contributed by atoms with Crippen molar-refractivity contribution >= 4 is 17.1 Å². The number of nitrogens with zero attached hydrogens (tertiary/aromatic N) is 2. The zero-order chi connectivity index (χ0) is 21.5. The molecule has 2 aromatic carbocycles. The summed E-state index contributed by atoms with van der Waals surface area (Å²) >= 11 is 0. The van der Waals surface area contributed by atoms with Crippen molar-refractivity contribution in [3.8, 4) is 0 Å². The van der Waals surface area contributed by atoms with E-state index in [4.69, 9.17) is 0 Å². The van der Waals surface area contributed by atoms with Crippen molar-refractivity contribution in [1.82, 2.24) is 0 Å². The predicted octanol–water partition coefficient (Wildman–Crippen LogP) is 3.73. The van der Waals surface area contributed by atoms with Gasteiger partial charge < -0.3 is 28.9 Å². The molecule has 3 heteroatoms. The molecule has 0 amide bonds. The summed E-state index contributed by atoms with van der Waals surface area (Å²) in [5.41, 5.74) is 8.27. The van der Waals surface area contributed by atoms with E-state index < -0.39 is 0 Å². The molecule has 0 saturated heterocycles. The van der Waals surface area contributed by atoms with Gasteiger partial charge in [-0.15, -0.1) is 0 Å². The second-order valence-corrected chi connectivity index (χ2v) is 9.64. The molecular weight excluding hydrogens is 491 g/mol. The summed E-state index contributed by atoms with van der Waals surface area (Å²) in [5, 5.41) is 0. The lowest BCUT2D eigenvalue weighted by atomic mass is 9.81. The third kappa shape index (κ3) is 3.90. The van der Waals surface area contributed by atoms with Crippen LogP contribution in [0.1, 0.15) is 58.6 Å². The van der Waals surface area contributed by atoms with Gasteiger partial charge in [0.05, 0.1) is 5.41 Å². The third-order valence-electron chi connectivity index (χ3n) is 6.98. The first-order chi connectivity index (χ1) is 14.3. The highest BCUT2D eigenvalue weighted by atomic mass is 127. The van der Waals surface area contributed by atoms with Gasteiger partial charge in [-0.05, 0) is 38.0 Å². The molecule has 4 rings (SSSR count). The van der Waals surface area contributed by atoms with Crippen LogP contribution in [-0.4, -0.2) is 23.9 Å². The lowest BCUT2D eigenvalue weighted by Crippen LogP contribution is -3.00. The minimum absolute atomic E-state index is 0. The van der Waals surface area contributed by atoms with Gasteiger partial charge >= 0.3 is 0 Å². The van der Waals surface area contributed by atoms with Crippen LogP contribution in [0.25, 0.3) is 0 Å². The van der Waals surface area contributed by atoms with E-state index in [-0.39, 0.29) is 34.8 Å². The highest BCUT2D eigenvalue weighted by Crippen LogP contribution is 2.47. The van der Waals surface area contributed by atoms with Gasteiger partial charge in [-0.25, -0.2) is 0 Å². The smallest absolute Gasteiger partial charge is 0.209 e. The van der Waals surface area contributed by atoms with Gasteiger partial charge in [0.15, 0.2) is 5.71 Å². The number of para-hydroxylation sites is 2. The van der Waals surface area contributed by atoms with Crippen molar-refractivity contribution in [1.29, 1.82) is 0 Å². The average Bonchev–Trinajstić information content (AvgIpc) is 3.06. The van der Waals surface area contributed by atoms with Crippen LogP contribution < -0.4 is 28.9 Å². The first kappa shape index (κ1) is 23.8. The third-order valence-corrected chi connectivity index (χ3v) is 6.98. The van der Waals surface area contributed by atoms with Crippen molar-refractivity contribution in [3.63, 3.8) is 0 Å². The molecule has 2 heterocycles. The number of fused-ring (bicyclic) bond motifs is 2. The Balaban J connectivity index is 0.00000272. The topological polar surface area (TPSA) is 6.25 Å². The number of rotatable bonds is 5. The van der Waals surface area contributed by atoms with E-state index in [2.05, 4.69) is 118 Å². The zero-order valence-electron chi connectivity index (χ0n) is 19.7. The van der Waals surface area contributed by atoms with Gasteiger partial charge in [0.2, 0.25) is 5.69 Å². The number of anilines is 1. The van der Waals surface area contributed by atoms with E-state index in [9.17, 15) is 0 Å². The van der Waals surface area contributed by atoms with Gasteiger partial charge in [0.1, 0.15) is 7.05 Å². The minimum atomic E-state index is 0. The average molecular weight is 527 g/mol. The molecule has 0 aliphatic carbocycles. The lowest BCUT2D eigenvalue weighted by molar-refractivity contribution is -0.401. The molecular formula is C28H35IN2. The van der Waals surface area contributed by atoms with Crippen LogP contribution in [0.4, 0.5) is 11.4 Å². The Labute approximate surface area is 205 Å². The maximum Gasteiger partial charge on any atom is 0.209 e. The molecule has 2 nitrogen and oxygen atoms in total. The van der Waals surface area contributed by atoms with Crippen molar-refractivity contribution < 1.29 is 28.6 Å². The van der Waals surface area contributed by atoms with Gasteiger partial charge in [-0.3, -0.25) is 0 Å². The summed E-state index contributed by atoms with van der Waals surface area (Å²) < 4.78 is 2.34. The van der Waals surface area contributed by atoms with Crippen LogP contribution in [0.15, 0.2) is 72.5 Å². The number of allylic oxidation sites excluding steroid dienone is 4. The largest absolute Gasteiger partial charge is 1.00 e. The number of hydrogen-bond donors (Lipinski definition) is 0. The van der Waals surface area contributed by atoms with Crippen molar-refractivity contribution in [3.05, 3.63) is 83.6 Å². The maximum absolute atomic E-state index is 2.53. The van der Waals surface area contributed by atoms with Crippen LogP contribution in [0.3, 0.4) is 0 Å². The highest BCUT2D eigenvalue weighted by Gasteiger charge is 2.43. The van der Waals surface area contributed by atoms with E-state index in [0.717, 1.165) is 6.54 Å². The highest BCUT2D eigenvalue weighted by molar-refractivity contribution is 6.03. The number of halogens is 1. The summed E-state index contributed by atoms with van der Waals surface area (Å²) in [4.78, 5) is 2.53. The van der Waals surface area contributed by atoms with Crippen LogP contribution in [0.5, 0.6) is 0 Å². The Morgan fingerprint density at radius 2 is 1.55 bits per heavy atom. The quantitative estimate of drug-likeness (QED) is 0.425. The lowest BCUT2D eigenvalue weighted by Gasteiger charge is -2.27. The number of unbranched alkanes of at least 4 members (excludes halogenated alkanes) is 1. The standard InChI is InChI=1S/C28H35N2.HI/c1-7-8-20-30-24-17-12-10-15-22(24)28(4,5)26(30)19-13-18-25-27(2,3)21-14-9-11-16-23(21)29(25)6;/h9-19H,7-8,20H2,1-6H3;1H/q+1;/p-1. The Hall–Kier alpha value is -1.88. The fourth-order valence-electron chi connectivity index (χ4n) is 5.23. The second-order valence-electron chi connectivity index (χ2n) is 9.64. The summed E-state index contributed by atoms with van der Waals surface area (Å²) in [6.45, 7) is 12.7. The van der Waals surface area contributed by atoms with Gasteiger partial charge in [0, 0.05) is 41.1 Å². The summed E-state index contributed by atoms with van der Waals surface area (Å²) in [7, 11) is 2.18. The molecule has 2 aliphatic heterocycles. The zero-order valence-corrected chi connectivity index (χ0v) is 21.9. The van der Waals surface area contributed by atoms with Crippen LogP contribution in [-0.2, 0) is 10.8 Å². The SMILES string of the molecule is CCCCN1/C(=C\C=C\C2=[N+](C)c3ccccc3C2(C)C)C(C)(C)c2ccccc21.[I-]. The van der Waals surface area contributed by atoms with Gasteiger partial charge in [-0.1, -0.05) is 69.7 Å². The van der Waals surface area contributed by atoms with Gasteiger partial charge in [0.25, 0.3) is 0 Å². The molecule has 31 heavy (non-hydrogen) atoms. The fraction of sp³-hybridized carbons (Fsp3) is 0.393. The molecule has 0 bridgehead atoms. The maximum atomic E-state index is 2.53. The molecule has 0 fully saturated rings. The first-order valence-electron chi connectivity index (χ1n) is 11.3. The molecule has 0 atom stereocenters. The normalized spacial score (nSPS) is 19.7. The first-order valence-corrected chi connectivity index (χ1v) is 11.3. The van der Waals surface area contributed by atoms with E-state index in [0.29, 0.717) is 0 Å². The Bertz CT molecular complexity index is 1060. The van der Waals surface area contributed by atoms with Gasteiger partial charge in [-0.2, -0.15) is 4.58 Å². The fourth-order valence-corrected chi connectivity index (χ4v) is 5.23. The second kappa shape index (κ2) is 8.93. The molecule has 0 N–H and O–H groups in total. The van der Waals surface area contributed by atoms with Crippen LogP contribution in [0.2, 0.25) is 0 Å². The van der Waals surface area contributed by atoms with Crippen molar-refractivity contribution in [2.45, 2.75) is 58.3 Å². The minimum Gasteiger partial charge on any atom is -1.00 e. The van der Waals surface area contributed by atoms with Crippen molar-refractivity contribution in [2.75, 3.05) is 18.5 Å². The molecule has 2 aliphatic rings. The van der Waals surface area contributed by atoms with E-state index >= 15 is 0 Å². The molecule has 0 spiro atoms. The predicted molar refractivity (Wildman–Crippen MR) is 129 cm³/mol. The summed E-state index contributed by atoms with van der Waals surface area (Å²) in [5.74, 6) is 0. The Kier molecular flexibility index (Phi) is 6.85. The van der Waals surface area contributed by atoms with E-state index in [1.165, 1.54) is 46.8 Å². The van der Waals surface area contributed by atoms with Crippen molar-refractivity contribution in [2.24, 2.45) is 0 Å². The molecule has 164 valence electrons. The molecule has 0 saturated carbocycles. The van der Waals surface area contributed by atoms with Crippen LogP contribution in [0, 0.1) is 0 Å². The summed E-state index contributed by atoms with van der Waals surface area (Å²) in [6.07, 6.45) is 9.33. The summed E-state index contributed by atoms with van der Waals surface area (Å²) in [6, 6.07) is 17.6. The molecule has 0 radical (unpaired) electrons.